The SMILES string of the molecule is O=C(Nc1nc(CN2CCOCC2)cs1)c1cc(-c2ccco2)n(-c2ccc(Cl)cc2)n1. The van der Waals surface area contributed by atoms with Gasteiger partial charge in [-0.05, 0) is 36.4 Å². The number of morpholine rings is 1. The minimum atomic E-state index is -0.335. The molecule has 0 spiro atoms. The minimum absolute atomic E-state index is 0.260. The first kappa shape index (κ1) is 20.9. The summed E-state index contributed by atoms with van der Waals surface area (Å²) < 4.78 is 12.6. The van der Waals surface area contributed by atoms with Crippen LogP contribution in [0, 0.1) is 0 Å². The molecule has 164 valence electrons. The summed E-state index contributed by atoms with van der Waals surface area (Å²) in [6.07, 6.45) is 1.58. The molecule has 0 radical (unpaired) electrons. The highest BCUT2D eigenvalue weighted by atomic mass is 35.5. The molecule has 1 fully saturated rings. The van der Waals surface area contributed by atoms with Gasteiger partial charge in [-0.2, -0.15) is 5.10 Å². The Bertz CT molecular complexity index is 1200. The minimum Gasteiger partial charge on any atom is -0.463 e. The number of carbonyl (C=O) groups excluding carboxylic acids is 1. The first-order valence-electron chi connectivity index (χ1n) is 10.1. The number of benzene rings is 1. The van der Waals surface area contributed by atoms with Crippen LogP contribution in [0.4, 0.5) is 5.13 Å². The zero-order valence-electron chi connectivity index (χ0n) is 17.0. The topological polar surface area (TPSA) is 85.4 Å². The number of anilines is 1. The van der Waals surface area contributed by atoms with Crippen LogP contribution in [0.25, 0.3) is 17.1 Å². The third-order valence-electron chi connectivity index (χ3n) is 5.05. The Morgan fingerprint density at radius 1 is 1.19 bits per heavy atom. The first-order valence-corrected chi connectivity index (χ1v) is 11.4. The summed E-state index contributed by atoms with van der Waals surface area (Å²) in [6, 6.07) is 12.5. The quantitative estimate of drug-likeness (QED) is 0.452. The predicted octanol–water partition coefficient (Wildman–Crippen LogP) is 4.33. The van der Waals surface area contributed by atoms with Crippen molar-refractivity contribution in [2.24, 2.45) is 0 Å². The maximum absolute atomic E-state index is 12.9. The Balaban J connectivity index is 1.36. The van der Waals surface area contributed by atoms with Gasteiger partial charge >= 0.3 is 0 Å². The van der Waals surface area contributed by atoms with Gasteiger partial charge in [0.2, 0.25) is 0 Å². The van der Waals surface area contributed by atoms with E-state index in [9.17, 15) is 4.79 Å². The largest absolute Gasteiger partial charge is 0.463 e. The van der Waals surface area contributed by atoms with E-state index < -0.39 is 0 Å². The fraction of sp³-hybridized carbons (Fsp3) is 0.227. The second kappa shape index (κ2) is 9.25. The molecule has 0 atom stereocenters. The van der Waals surface area contributed by atoms with Crippen LogP contribution in [-0.4, -0.2) is 51.9 Å². The molecule has 4 aromatic rings. The number of nitrogens with zero attached hydrogens (tertiary/aromatic N) is 4. The summed E-state index contributed by atoms with van der Waals surface area (Å²) in [6.45, 7) is 3.99. The molecule has 32 heavy (non-hydrogen) atoms. The first-order chi connectivity index (χ1) is 15.7. The maximum atomic E-state index is 12.9. The van der Waals surface area contributed by atoms with Crippen LogP contribution in [0.2, 0.25) is 5.02 Å². The summed E-state index contributed by atoms with van der Waals surface area (Å²) in [5.74, 6) is 0.270. The van der Waals surface area contributed by atoms with E-state index in [0.717, 1.165) is 44.2 Å². The lowest BCUT2D eigenvalue weighted by atomic mass is 10.2. The summed E-state index contributed by atoms with van der Waals surface area (Å²) in [4.78, 5) is 19.8. The normalized spacial score (nSPS) is 14.5. The average Bonchev–Trinajstić information content (AvgIpc) is 3.56. The van der Waals surface area contributed by atoms with Crippen molar-refractivity contribution in [3.8, 4) is 17.1 Å². The lowest BCUT2D eigenvalue weighted by Gasteiger charge is -2.25. The molecule has 1 aliphatic rings. The van der Waals surface area contributed by atoms with E-state index in [1.807, 2.05) is 23.6 Å². The lowest BCUT2D eigenvalue weighted by molar-refractivity contribution is 0.0337. The monoisotopic (exact) mass is 469 g/mol. The molecule has 4 heterocycles. The van der Waals surface area contributed by atoms with E-state index in [-0.39, 0.29) is 11.6 Å². The average molecular weight is 470 g/mol. The van der Waals surface area contributed by atoms with E-state index in [4.69, 9.17) is 20.8 Å². The fourth-order valence-corrected chi connectivity index (χ4v) is 4.28. The van der Waals surface area contributed by atoms with Crippen molar-refractivity contribution in [1.29, 1.82) is 0 Å². The third kappa shape index (κ3) is 4.61. The van der Waals surface area contributed by atoms with Crippen molar-refractivity contribution in [2.75, 3.05) is 31.6 Å². The van der Waals surface area contributed by atoms with E-state index in [1.165, 1.54) is 11.3 Å². The zero-order chi connectivity index (χ0) is 21.9. The molecule has 10 heteroatoms. The number of rotatable bonds is 6. The summed E-state index contributed by atoms with van der Waals surface area (Å²) in [7, 11) is 0. The van der Waals surface area contributed by atoms with Gasteiger partial charge < -0.3 is 9.15 Å². The molecule has 0 bridgehead atoms. The zero-order valence-corrected chi connectivity index (χ0v) is 18.6. The molecule has 1 amide bonds. The smallest absolute Gasteiger partial charge is 0.277 e. The van der Waals surface area contributed by atoms with Crippen LogP contribution in [-0.2, 0) is 11.3 Å². The number of nitrogens with one attached hydrogen (secondary N) is 1. The van der Waals surface area contributed by atoms with Crippen molar-refractivity contribution in [3.63, 3.8) is 0 Å². The highest BCUT2D eigenvalue weighted by Crippen LogP contribution is 2.26. The van der Waals surface area contributed by atoms with Crippen molar-refractivity contribution in [2.45, 2.75) is 6.54 Å². The number of aromatic nitrogens is 3. The molecule has 0 aliphatic carbocycles. The van der Waals surface area contributed by atoms with Gasteiger partial charge in [-0.25, -0.2) is 9.67 Å². The molecule has 1 aromatic carbocycles. The van der Waals surface area contributed by atoms with Crippen LogP contribution < -0.4 is 5.32 Å². The Hall–Kier alpha value is -2.98. The second-order valence-electron chi connectivity index (χ2n) is 7.27. The van der Waals surface area contributed by atoms with Gasteiger partial charge in [0.15, 0.2) is 16.6 Å². The number of hydrogen-bond acceptors (Lipinski definition) is 7. The molecule has 1 saturated heterocycles. The van der Waals surface area contributed by atoms with E-state index in [0.29, 0.717) is 21.6 Å². The second-order valence-corrected chi connectivity index (χ2v) is 8.56. The standard InChI is InChI=1S/C22H20ClN5O3S/c23-15-3-5-17(6-4-15)28-19(20-2-1-9-31-20)12-18(26-28)21(29)25-22-24-16(14-32-22)13-27-7-10-30-11-8-27/h1-6,9,12,14H,7-8,10-11,13H2,(H,24,25,29). The molecule has 8 nitrogen and oxygen atoms in total. The Morgan fingerprint density at radius 2 is 2.00 bits per heavy atom. The molecule has 3 aromatic heterocycles. The van der Waals surface area contributed by atoms with Gasteiger partial charge in [-0.3, -0.25) is 15.0 Å². The molecule has 1 N–H and O–H groups in total. The van der Waals surface area contributed by atoms with Gasteiger partial charge in [0.25, 0.3) is 5.91 Å². The number of ether oxygens (including phenoxy) is 1. The van der Waals surface area contributed by atoms with Crippen molar-refractivity contribution in [1.82, 2.24) is 19.7 Å². The molecular formula is C22H20ClN5O3S. The van der Waals surface area contributed by atoms with Crippen molar-refractivity contribution >= 4 is 34.0 Å². The van der Waals surface area contributed by atoms with Crippen LogP contribution in [0.1, 0.15) is 16.2 Å². The molecule has 0 unspecified atom stereocenters. The van der Waals surface area contributed by atoms with Crippen LogP contribution in [0.15, 0.2) is 58.5 Å². The lowest BCUT2D eigenvalue weighted by Crippen LogP contribution is -2.35. The molecule has 0 saturated carbocycles. The number of hydrogen-bond donors (Lipinski definition) is 1. The van der Waals surface area contributed by atoms with E-state index in [1.54, 1.807) is 35.2 Å². The van der Waals surface area contributed by atoms with Crippen molar-refractivity contribution in [3.05, 3.63) is 70.5 Å². The van der Waals surface area contributed by atoms with Crippen LogP contribution >= 0.6 is 22.9 Å². The van der Waals surface area contributed by atoms with Gasteiger partial charge in [0.05, 0.1) is 30.9 Å². The Morgan fingerprint density at radius 3 is 2.75 bits per heavy atom. The third-order valence-corrected chi connectivity index (χ3v) is 6.11. The number of halogens is 1. The fourth-order valence-electron chi connectivity index (χ4n) is 3.46. The highest BCUT2D eigenvalue weighted by molar-refractivity contribution is 7.13. The molecule has 5 rings (SSSR count). The van der Waals surface area contributed by atoms with Crippen molar-refractivity contribution < 1.29 is 13.9 Å². The molecular weight excluding hydrogens is 450 g/mol. The number of amides is 1. The van der Waals surface area contributed by atoms with Gasteiger partial charge in [0.1, 0.15) is 5.69 Å². The number of carbonyl (C=O) groups is 1. The van der Waals surface area contributed by atoms with Gasteiger partial charge in [-0.15, -0.1) is 11.3 Å². The number of furan rings is 1. The van der Waals surface area contributed by atoms with E-state index >= 15 is 0 Å². The summed E-state index contributed by atoms with van der Waals surface area (Å²) in [5.41, 5.74) is 2.61. The van der Waals surface area contributed by atoms with Crippen LogP contribution in [0.3, 0.4) is 0 Å². The predicted molar refractivity (Wildman–Crippen MR) is 122 cm³/mol. The van der Waals surface area contributed by atoms with E-state index in [2.05, 4.69) is 20.3 Å². The number of thiazole rings is 1. The molecule has 1 aliphatic heterocycles. The van der Waals surface area contributed by atoms with Crippen LogP contribution in [0.5, 0.6) is 0 Å². The Kier molecular flexibility index (Phi) is 6.04. The summed E-state index contributed by atoms with van der Waals surface area (Å²) in [5, 5.41) is 10.5. The highest BCUT2D eigenvalue weighted by Gasteiger charge is 2.20. The Labute approximate surface area is 193 Å². The van der Waals surface area contributed by atoms with Gasteiger partial charge in [-0.1, -0.05) is 11.6 Å². The van der Waals surface area contributed by atoms with Gasteiger partial charge in [0, 0.05) is 36.1 Å². The summed E-state index contributed by atoms with van der Waals surface area (Å²) >= 11 is 7.42. The maximum Gasteiger partial charge on any atom is 0.277 e.